The number of Topliss-reactive ketones (excluding diaryl/α,β-unsaturated/α-hetero) is 4. The fourth-order valence-electron chi connectivity index (χ4n) is 17.2. The number of likely N-dealkylation sites (tertiary alicyclic amines) is 2. The molecule has 7 aromatic rings. The van der Waals surface area contributed by atoms with Crippen molar-refractivity contribution in [3.8, 4) is 22.3 Å². The highest BCUT2D eigenvalue weighted by Crippen LogP contribution is 2.38. The Morgan fingerprint density at radius 1 is 0.440 bits per heavy atom. The molecular formula is C106H136BN11O23. The summed E-state index contributed by atoms with van der Waals surface area (Å²) in [5, 5.41) is 79.5. The molecule has 14 atom stereocenters. The number of aliphatic hydroxyl groups excluding tert-OH is 3. The number of nitrogens with one attached hydrogen (secondary N) is 8. The molecule has 2 aliphatic rings. The number of hydrogen-bond donors (Lipinski definition) is 15. The normalized spacial score (nSPS) is 16.1. The van der Waals surface area contributed by atoms with E-state index in [1.807, 2.05) is 127 Å². The number of unbranched alkanes of at least 4 members (excludes halogenated alkanes) is 2. The van der Waals surface area contributed by atoms with Gasteiger partial charge in [-0.25, -0.2) is 4.79 Å². The van der Waals surface area contributed by atoms with Gasteiger partial charge in [-0.3, -0.25) is 71.9 Å². The van der Waals surface area contributed by atoms with Gasteiger partial charge >= 0.3 is 13.1 Å². The van der Waals surface area contributed by atoms with Crippen molar-refractivity contribution in [1.82, 2.24) is 52.3 Å². The van der Waals surface area contributed by atoms with Crippen LogP contribution in [-0.4, -0.2) is 240 Å². The van der Waals surface area contributed by atoms with Gasteiger partial charge in [0.15, 0.2) is 23.1 Å². The monoisotopic (exact) mass is 1940 g/mol. The molecule has 756 valence electrons. The molecule has 16 N–H and O–H groups in total. The van der Waals surface area contributed by atoms with Crippen molar-refractivity contribution in [3.05, 3.63) is 227 Å². The molecule has 0 spiro atoms. The number of aliphatic carboxylic acids is 1. The first kappa shape index (κ1) is 113. The fourth-order valence-corrected chi connectivity index (χ4v) is 17.2. The van der Waals surface area contributed by atoms with Crippen LogP contribution in [0, 0.1) is 23.7 Å². The Balaban J connectivity index is 0.000000359. The van der Waals surface area contributed by atoms with Gasteiger partial charge < -0.3 is 93.3 Å². The number of nitrogens with two attached hydrogens (primary N) is 1. The molecule has 2 saturated heterocycles. The van der Waals surface area contributed by atoms with Crippen LogP contribution in [-0.2, 0) is 90.2 Å². The second-order valence-electron chi connectivity index (χ2n) is 37.4. The molecule has 0 aliphatic carbocycles. The summed E-state index contributed by atoms with van der Waals surface area (Å²) in [5.41, 5.74) is 12.1. The number of benzene rings is 7. The van der Waals surface area contributed by atoms with Gasteiger partial charge in [-0.2, -0.15) is 0 Å². The number of aliphatic hydroxyl groups is 3. The number of ketones is 4. The van der Waals surface area contributed by atoms with Gasteiger partial charge in [-0.05, 0) is 160 Å². The topological polar surface area (TPSA) is 532 Å². The Bertz CT molecular complexity index is 5320. The lowest BCUT2D eigenvalue weighted by Gasteiger charge is -2.37. The molecule has 0 saturated carbocycles. The molecule has 141 heavy (non-hydrogen) atoms. The molecule has 34 nitrogen and oxygen atoms in total. The van der Waals surface area contributed by atoms with E-state index >= 15 is 0 Å². The molecule has 35 heteroatoms. The Morgan fingerprint density at radius 3 is 1.15 bits per heavy atom. The highest BCUT2D eigenvalue weighted by Gasteiger charge is 2.45. The van der Waals surface area contributed by atoms with E-state index in [-0.39, 0.29) is 49.9 Å². The molecule has 2 heterocycles. The molecule has 0 radical (unpaired) electrons. The minimum absolute atomic E-state index is 0.163. The first-order valence-corrected chi connectivity index (χ1v) is 48.2. The third-order valence-corrected chi connectivity index (χ3v) is 24.9. The SMILES string of the molecule is CCCCc1ccc(-c2ccc(C(=O)N[C@H](CO)C(=O)C[C@H](C)C(=O)N3CCC[C@H]3C(=O)N[C@H](C(=O)C[C@@H](C)C(=O)N[C@@H](CC(=O)NC(c3ccccc3)(c3ccccc3)c3ccccc3)C(=O)O)C(C)OC(C)(C)C)cc2)cc1.CCCCc1ccc(-c2ccc(C(=O)N[C@H](CO)C(=O)C[C@H](C)C(=O)N3CCC[C@H]3C(=O)N[C@H](C(=O)C[C@@H](C)C(=O)N[C@@H](CC(N)=O)C(=O)NCB(O)O)C(C)O)cc2)cc1. The molecule has 7 aromatic carbocycles. The Labute approximate surface area is 823 Å². The minimum Gasteiger partial charge on any atom is -0.480 e. The molecule has 2 fully saturated rings. The Kier molecular flexibility index (Phi) is 43.6. The maximum Gasteiger partial charge on any atom is 0.472 e. The van der Waals surface area contributed by atoms with Gasteiger partial charge in [-0.15, -0.1) is 0 Å². The number of rotatable bonds is 51. The molecule has 11 amide bonds. The lowest BCUT2D eigenvalue weighted by molar-refractivity contribution is -0.145. The number of amides is 11. The van der Waals surface area contributed by atoms with Crippen LogP contribution in [0.5, 0.6) is 0 Å². The van der Waals surface area contributed by atoms with E-state index in [9.17, 15) is 97.1 Å². The maximum absolute atomic E-state index is 14.3. The molecule has 9 rings (SSSR count). The predicted octanol–water partition coefficient (Wildman–Crippen LogP) is 7.05. The number of nitrogens with zero attached hydrogens (tertiary/aromatic N) is 2. The van der Waals surface area contributed by atoms with E-state index < -0.39 is 242 Å². The van der Waals surface area contributed by atoms with E-state index in [1.54, 1.807) is 64.1 Å². The fraction of sp³-hybridized carbons (Fsp3) is 0.453. The zero-order valence-corrected chi connectivity index (χ0v) is 82.0. The number of carbonyl (C=O) groups excluding carboxylic acids is 15. The summed E-state index contributed by atoms with van der Waals surface area (Å²) in [4.78, 5) is 216. The van der Waals surface area contributed by atoms with Crippen LogP contribution in [0.1, 0.15) is 215 Å². The van der Waals surface area contributed by atoms with E-state index in [1.165, 1.54) is 55.5 Å². The van der Waals surface area contributed by atoms with Crippen LogP contribution in [0.2, 0.25) is 0 Å². The second kappa shape index (κ2) is 54.5. The first-order chi connectivity index (χ1) is 67.0. The molecule has 2 unspecified atom stereocenters. The van der Waals surface area contributed by atoms with Gasteiger partial charge in [0.2, 0.25) is 53.2 Å². The van der Waals surface area contributed by atoms with E-state index in [4.69, 9.17) is 20.5 Å². The lowest BCUT2D eigenvalue weighted by atomic mass is 9.77. The van der Waals surface area contributed by atoms with Gasteiger partial charge in [0.1, 0.15) is 53.9 Å². The molecule has 2 aliphatic heterocycles. The van der Waals surface area contributed by atoms with E-state index in [2.05, 4.69) is 80.6 Å². The summed E-state index contributed by atoms with van der Waals surface area (Å²) < 4.78 is 6.16. The average molecular weight is 1940 g/mol. The predicted molar refractivity (Wildman–Crippen MR) is 529 cm³/mol. The Hall–Kier alpha value is -13.3. The zero-order valence-electron chi connectivity index (χ0n) is 82.0. The first-order valence-electron chi connectivity index (χ1n) is 48.2. The van der Waals surface area contributed by atoms with Crippen molar-refractivity contribution in [1.29, 1.82) is 0 Å². The van der Waals surface area contributed by atoms with Crippen LogP contribution in [0.15, 0.2) is 188 Å². The van der Waals surface area contributed by atoms with Crippen molar-refractivity contribution in [2.75, 3.05) is 32.7 Å². The van der Waals surface area contributed by atoms with Crippen molar-refractivity contribution < 1.29 is 112 Å². The molecule has 0 aromatic heterocycles. The number of hydrogen-bond acceptors (Lipinski definition) is 22. The largest absolute Gasteiger partial charge is 0.480 e. The van der Waals surface area contributed by atoms with Gasteiger partial charge in [-0.1, -0.05) is 218 Å². The number of carbonyl (C=O) groups is 16. The third kappa shape index (κ3) is 33.2. The maximum atomic E-state index is 14.3. The van der Waals surface area contributed by atoms with Crippen molar-refractivity contribution in [2.45, 2.75) is 251 Å². The van der Waals surface area contributed by atoms with Crippen LogP contribution >= 0.6 is 0 Å². The Morgan fingerprint density at radius 2 is 0.801 bits per heavy atom. The highest BCUT2D eigenvalue weighted by atomic mass is 16.5. The summed E-state index contributed by atoms with van der Waals surface area (Å²) in [6.45, 7) is 17.2. The number of primary amides is 1. The average Bonchev–Trinajstić information content (AvgIpc) is 1.31. The van der Waals surface area contributed by atoms with E-state index in [0.717, 1.165) is 60.8 Å². The van der Waals surface area contributed by atoms with Crippen LogP contribution in [0.4, 0.5) is 0 Å². The molecule has 0 bridgehead atoms. The van der Waals surface area contributed by atoms with Crippen molar-refractivity contribution in [3.63, 3.8) is 0 Å². The second-order valence-corrected chi connectivity index (χ2v) is 37.4. The quantitative estimate of drug-likeness (QED) is 0.0134. The summed E-state index contributed by atoms with van der Waals surface area (Å²) in [5.74, 6) is -16.0. The number of aryl methyl sites for hydroxylation is 2. The number of carboxylic acids is 1. The molecular weight excluding hydrogens is 1810 g/mol. The minimum atomic E-state index is -1.90. The van der Waals surface area contributed by atoms with E-state index in [0.29, 0.717) is 29.5 Å². The van der Waals surface area contributed by atoms with Crippen LogP contribution in [0.25, 0.3) is 22.3 Å². The van der Waals surface area contributed by atoms with Crippen LogP contribution in [0.3, 0.4) is 0 Å². The van der Waals surface area contributed by atoms with Crippen molar-refractivity contribution >= 4 is 101 Å². The van der Waals surface area contributed by atoms with Gasteiger partial charge in [0, 0.05) is 73.6 Å². The zero-order chi connectivity index (χ0) is 104. The third-order valence-electron chi connectivity index (χ3n) is 24.9. The smallest absolute Gasteiger partial charge is 0.472 e. The summed E-state index contributed by atoms with van der Waals surface area (Å²) in [7, 11) is -1.90. The van der Waals surface area contributed by atoms with Gasteiger partial charge in [0.25, 0.3) is 11.8 Å². The standard InChI is InChI=1S/C64H77N5O11.C42H59BN6O12/c1-8-9-20-44-28-30-45(31-29-44)46-32-34-47(35-33-46)59(75)66-52(40-70)54(71)38-42(3)61(77)69-36-19-27-53(69)60(76)67-57(43(4)80-63(5,6)7)55(72)37-41(2)58(74)65-51(62(78)79)39-56(73)68-64(48-21-13-10-14-22-48,49-23-15-11-16-24-49)50-25-17-12-18-26-50;1-5-6-8-27-10-12-28(13-11-27)29-14-16-30(17-15-29)39(56)47-32(22-50)34(52)20-25(3)42(59)49-18-7-9-33(49)41(58)48-37(26(4)51)35(53)19-24(2)38(55)46-31(21-36(44)54)40(57)45-23-43(60)61/h10-18,21-26,28-35,41-43,51-53,57,70H,8-9,19-20,27,36-40H2,1-7H3,(H,65,74)(H,66,75)(H,67,76)(H,68,73)(H,78,79);10-17,24-26,31-33,37,50-51,60-61H,5-9,18-23H2,1-4H3,(H2,44,54)(H,45,57)(H,46,55)(H,47,56)(H,48,58)/t41-,42+,43?,51+,52-,53+,57+;24-,25+,26?,31+,32-,33+,37+/m11/s1. The van der Waals surface area contributed by atoms with Gasteiger partial charge in [0.05, 0.1) is 50.3 Å². The number of carboxylic acid groups (broad SMARTS) is 1. The number of ether oxygens (including phenoxy) is 1. The summed E-state index contributed by atoms with van der Waals surface area (Å²) in [6.07, 6.45) is 1.86. The summed E-state index contributed by atoms with van der Waals surface area (Å²) in [6, 6.07) is 47.3. The summed E-state index contributed by atoms with van der Waals surface area (Å²) >= 11 is 0. The lowest BCUT2D eigenvalue weighted by Crippen LogP contribution is -2.56. The highest BCUT2D eigenvalue weighted by molar-refractivity contribution is 6.41. The van der Waals surface area contributed by atoms with Crippen molar-refractivity contribution in [2.24, 2.45) is 29.4 Å². The van der Waals surface area contributed by atoms with Crippen LogP contribution < -0.4 is 48.3 Å².